The van der Waals surface area contributed by atoms with E-state index < -0.39 is 0 Å². The number of hydrogen-bond donors (Lipinski definition) is 0. The molecule has 1 unspecified atom stereocenters. The van der Waals surface area contributed by atoms with Crippen molar-refractivity contribution >= 4 is 11.8 Å². The summed E-state index contributed by atoms with van der Waals surface area (Å²) >= 11 is 0. The molecule has 2 aromatic rings. The van der Waals surface area contributed by atoms with Crippen LogP contribution in [-0.2, 0) is 0 Å². The lowest BCUT2D eigenvalue weighted by Crippen LogP contribution is -2.39. The quantitative estimate of drug-likeness (QED) is 0.805. The molecule has 1 fully saturated rings. The summed E-state index contributed by atoms with van der Waals surface area (Å²) in [5, 5.41) is 0. The number of piperidine rings is 1. The fourth-order valence-corrected chi connectivity index (χ4v) is 3.26. The van der Waals surface area contributed by atoms with Crippen molar-refractivity contribution in [3.05, 3.63) is 35.9 Å². The van der Waals surface area contributed by atoms with Crippen LogP contribution in [0, 0.1) is 0 Å². The average Bonchev–Trinajstić information content (AvgIpc) is 2.90. The van der Waals surface area contributed by atoms with E-state index in [1.165, 1.54) is 12.8 Å². The number of nitrogens with zero attached hydrogens (tertiary/aromatic N) is 3. The molecule has 0 bridgehead atoms. The van der Waals surface area contributed by atoms with Gasteiger partial charge in [-0.25, -0.2) is 4.98 Å². The highest BCUT2D eigenvalue weighted by atomic mass is 16.1. The molecule has 2 aromatic heterocycles. The summed E-state index contributed by atoms with van der Waals surface area (Å²) in [5.74, 6) is 1.07. The summed E-state index contributed by atoms with van der Waals surface area (Å²) in [6.45, 7) is 5.61. The molecule has 0 aromatic carbocycles. The third-order valence-corrected chi connectivity index (χ3v) is 4.26. The highest BCUT2D eigenvalue weighted by Gasteiger charge is 2.28. The minimum absolute atomic E-state index is 0.355. The van der Waals surface area contributed by atoms with E-state index in [2.05, 4.69) is 28.1 Å². The molecule has 1 saturated heterocycles. The molecule has 1 aliphatic rings. The number of carbonyl (C=O) groups excluding carboxylic acids is 1. The number of fused-ring (bicyclic) bond motifs is 1. The Morgan fingerprint density at radius 3 is 3.00 bits per heavy atom. The van der Waals surface area contributed by atoms with Gasteiger partial charge in [-0.3, -0.25) is 9.69 Å². The van der Waals surface area contributed by atoms with Gasteiger partial charge in [0.25, 0.3) is 0 Å². The summed E-state index contributed by atoms with van der Waals surface area (Å²) in [5.41, 5.74) is 1.62. The lowest BCUT2D eigenvalue weighted by Gasteiger charge is -2.37. The predicted molar refractivity (Wildman–Crippen MR) is 79.0 cm³/mol. The van der Waals surface area contributed by atoms with Gasteiger partial charge in [0.05, 0.1) is 17.8 Å². The van der Waals surface area contributed by atoms with Crippen LogP contribution >= 0.6 is 0 Å². The maximum atomic E-state index is 11.1. The third-order valence-electron chi connectivity index (χ3n) is 4.26. The summed E-state index contributed by atoms with van der Waals surface area (Å²) in [7, 11) is 0. The van der Waals surface area contributed by atoms with Crippen LogP contribution in [0.4, 0.5) is 0 Å². The molecular formula is C16H21N3O. The second-order valence-corrected chi connectivity index (χ2v) is 5.80. The van der Waals surface area contributed by atoms with Crippen LogP contribution < -0.4 is 0 Å². The molecule has 1 atom stereocenters. The van der Waals surface area contributed by atoms with E-state index >= 15 is 0 Å². The molecule has 20 heavy (non-hydrogen) atoms. The van der Waals surface area contributed by atoms with Gasteiger partial charge in [0.15, 0.2) is 6.29 Å². The molecule has 106 valence electrons. The molecule has 0 aliphatic carbocycles. The van der Waals surface area contributed by atoms with Crippen LogP contribution in [0.1, 0.15) is 55.3 Å². The van der Waals surface area contributed by atoms with Crippen molar-refractivity contribution in [2.24, 2.45) is 0 Å². The number of pyridine rings is 1. The Morgan fingerprint density at radius 2 is 2.25 bits per heavy atom. The van der Waals surface area contributed by atoms with Gasteiger partial charge in [-0.1, -0.05) is 6.42 Å². The number of rotatable bonds is 3. The lowest BCUT2D eigenvalue weighted by molar-refractivity contribution is 0.106. The van der Waals surface area contributed by atoms with Gasteiger partial charge in [-0.05, 0) is 45.4 Å². The summed E-state index contributed by atoms with van der Waals surface area (Å²) < 4.78 is 2.08. The minimum Gasteiger partial charge on any atom is -0.302 e. The highest BCUT2D eigenvalue weighted by Crippen LogP contribution is 2.32. The zero-order valence-electron chi connectivity index (χ0n) is 12.1. The first-order chi connectivity index (χ1) is 9.72. The standard InChI is InChI=1S/C16H21N3O/c1-12(2)18-8-4-3-7-14(18)16-17-10-15-13(11-20)6-5-9-19(15)16/h5-6,9-12,14H,3-4,7-8H2,1-2H3. The van der Waals surface area contributed by atoms with Gasteiger partial charge in [-0.2, -0.15) is 0 Å². The third kappa shape index (κ3) is 2.14. The van der Waals surface area contributed by atoms with Crippen LogP contribution in [0.2, 0.25) is 0 Å². The van der Waals surface area contributed by atoms with E-state index in [-0.39, 0.29) is 0 Å². The normalized spacial score (nSPS) is 20.6. The van der Waals surface area contributed by atoms with Gasteiger partial charge >= 0.3 is 0 Å². The van der Waals surface area contributed by atoms with Crippen LogP contribution in [-0.4, -0.2) is 33.2 Å². The molecule has 3 heterocycles. The number of imidazole rings is 1. The smallest absolute Gasteiger partial charge is 0.152 e. The average molecular weight is 271 g/mol. The highest BCUT2D eigenvalue weighted by molar-refractivity contribution is 5.85. The van der Waals surface area contributed by atoms with Crippen molar-refractivity contribution in [2.45, 2.75) is 45.2 Å². The van der Waals surface area contributed by atoms with Crippen LogP contribution in [0.3, 0.4) is 0 Å². The number of carbonyl (C=O) groups is 1. The Labute approximate surface area is 119 Å². The fraction of sp³-hybridized carbons (Fsp3) is 0.500. The molecule has 0 saturated carbocycles. The molecular weight excluding hydrogens is 250 g/mol. The van der Waals surface area contributed by atoms with Crippen molar-refractivity contribution in [1.82, 2.24) is 14.3 Å². The zero-order valence-corrected chi connectivity index (χ0v) is 12.1. The Kier molecular flexibility index (Phi) is 3.57. The molecule has 0 radical (unpaired) electrons. The van der Waals surface area contributed by atoms with Crippen molar-refractivity contribution < 1.29 is 4.79 Å². The van der Waals surface area contributed by atoms with Crippen LogP contribution in [0.5, 0.6) is 0 Å². The Balaban J connectivity index is 2.07. The van der Waals surface area contributed by atoms with Crippen molar-refractivity contribution in [3.63, 3.8) is 0 Å². The number of aldehydes is 1. The van der Waals surface area contributed by atoms with E-state index in [1.807, 2.05) is 24.5 Å². The molecule has 4 nitrogen and oxygen atoms in total. The van der Waals surface area contributed by atoms with Crippen LogP contribution in [0.15, 0.2) is 24.5 Å². The Morgan fingerprint density at radius 1 is 1.40 bits per heavy atom. The van der Waals surface area contributed by atoms with Gasteiger partial charge in [0, 0.05) is 17.8 Å². The Bertz CT molecular complexity index is 617. The lowest BCUT2D eigenvalue weighted by atomic mass is 10.00. The Hall–Kier alpha value is -1.68. The zero-order chi connectivity index (χ0) is 14.1. The van der Waals surface area contributed by atoms with Crippen molar-refractivity contribution in [1.29, 1.82) is 0 Å². The van der Waals surface area contributed by atoms with Gasteiger partial charge < -0.3 is 4.40 Å². The summed E-state index contributed by atoms with van der Waals surface area (Å²) in [4.78, 5) is 18.3. The van der Waals surface area contributed by atoms with E-state index in [9.17, 15) is 4.79 Å². The minimum atomic E-state index is 0.355. The van der Waals surface area contributed by atoms with E-state index in [0.29, 0.717) is 17.6 Å². The van der Waals surface area contributed by atoms with Gasteiger partial charge in [-0.15, -0.1) is 0 Å². The molecule has 0 N–H and O–H groups in total. The number of aromatic nitrogens is 2. The summed E-state index contributed by atoms with van der Waals surface area (Å²) in [6, 6.07) is 4.63. The predicted octanol–water partition coefficient (Wildman–Crippen LogP) is 3.08. The van der Waals surface area contributed by atoms with Gasteiger partial charge in [0.1, 0.15) is 5.82 Å². The number of hydrogen-bond acceptors (Lipinski definition) is 3. The topological polar surface area (TPSA) is 37.6 Å². The first kappa shape index (κ1) is 13.3. The summed E-state index contributed by atoms with van der Waals surface area (Å²) in [6.07, 6.45) is 8.39. The van der Waals surface area contributed by atoms with Crippen molar-refractivity contribution in [2.75, 3.05) is 6.54 Å². The van der Waals surface area contributed by atoms with Gasteiger partial charge in [0.2, 0.25) is 0 Å². The van der Waals surface area contributed by atoms with Crippen molar-refractivity contribution in [3.8, 4) is 0 Å². The largest absolute Gasteiger partial charge is 0.302 e. The number of likely N-dealkylation sites (tertiary alicyclic amines) is 1. The monoisotopic (exact) mass is 271 g/mol. The second-order valence-electron chi connectivity index (χ2n) is 5.80. The van der Waals surface area contributed by atoms with Crippen LogP contribution in [0.25, 0.3) is 5.52 Å². The SMILES string of the molecule is CC(C)N1CCCCC1c1ncc2c(C=O)cccn12. The maximum absolute atomic E-state index is 11.1. The van der Waals surface area contributed by atoms with E-state index in [4.69, 9.17) is 0 Å². The maximum Gasteiger partial charge on any atom is 0.152 e. The second kappa shape index (κ2) is 5.37. The molecule has 3 rings (SSSR count). The molecule has 4 heteroatoms. The molecule has 0 amide bonds. The fourth-order valence-electron chi connectivity index (χ4n) is 3.26. The molecule has 1 aliphatic heterocycles. The first-order valence-corrected chi connectivity index (χ1v) is 7.39. The van der Waals surface area contributed by atoms with E-state index in [0.717, 1.165) is 30.6 Å². The van der Waals surface area contributed by atoms with E-state index in [1.54, 1.807) is 0 Å². The first-order valence-electron chi connectivity index (χ1n) is 7.39. The molecule has 0 spiro atoms.